The molecule has 50 valence electrons. The van der Waals surface area contributed by atoms with Crippen LogP contribution >= 0.6 is 0 Å². The fraction of sp³-hybridized carbons (Fsp3) is 0. The normalized spacial score (nSPS) is 10.4. The third-order valence-corrected chi connectivity index (χ3v) is 1.17. The van der Waals surface area contributed by atoms with Crippen molar-refractivity contribution in [2.45, 2.75) is 0 Å². The van der Waals surface area contributed by atoms with Crippen LogP contribution in [0.15, 0.2) is 21.8 Å². The fourth-order valence-electron chi connectivity index (χ4n) is 0.713. The van der Waals surface area contributed by atoms with Crippen LogP contribution in [0.2, 0.25) is 0 Å². The number of hydrogen-bond acceptors (Lipinski definition) is 4. The lowest BCUT2D eigenvalue weighted by Gasteiger charge is -1.85. The third kappa shape index (κ3) is 0.540. The van der Waals surface area contributed by atoms with E-state index in [9.17, 15) is 4.79 Å². The molecule has 0 aliphatic carbocycles. The van der Waals surface area contributed by atoms with Crippen molar-refractivity contribution in [1.29, 1.82) is 0 Å². The quantitative estimate of drug-likeness (QED) is 0.548. The summed E-state index contributed by atoms with van der Waals surface area (Å²) in [4.78, 5) is 17.9. The van der Waals surface area contributed by atoms with E-state index < -0.39 is 0 Å². The van der Waals surface area contributed by atoms with Gasteiger partial charge in [-0.25, -0.2) is 5.16 Å². The zero-order valence-electron chi connectivity index (χ0n) is 4.87. The number of rotatable bonds is 0. The molecular weight excluding hydrogens is 134 g/mol. The molecule has 0 aromatic rings. The lowest BCUT2D eigenvalue weighted by atomic mass is 10.3. The average Bonchev–Trinajstić information content (AvgIpc) is 2.36. The molecule has 0 saturated heterocycles. The standard InChI is InChI=1S/C5H3N3O2/c9-4-3-1-8-10-5(3)7-2-6-4/h1-2,8H. The van der Waals surface area contributed by atoms with Crippen LogP contribution in [0.25, 0.3) is 11.5 Å². The highest BCUT2D eigenvalue weighted by molar-refractivity contribution is 5.49. The van der Waals surface area contributed by atoms with Gasteiger partial charge in [0.15, 0.2) is 0 Å². The van der Waals surface area contributed by atoms with Gasteiger partial charge < -0.3 is 4.52 Å². The summed E-state index contributed by atoms with van der Waals surface area (Å²) in [5.74, 6) is 0.292. The molecule has 2 rings (SSSR count). The summed E-state index contributed by atoms with van der Waals surface area (Å²) in [5.41, 5.74) is 0.0532. The van der Waals surface area contributed by atoms with Gasteiger partial charge in [0.1, 0.15) is 11.9 Å². The Morgan fingerprint density at radius 3 is 3.20 bits per heavy atom. The van der Waals surface area contributed by atoms with E-state index in [1.54, 1.807) is 0 Å². The Morgan fingerprint density at radius 2 is 2.40 bits per heavy atom. The Hall–Kier alpha value is -1.65. The molecule has 0 bridgehead atoms. The van der Waals surface area contributed by atoms with Gasteiger partial charge in [0.05, 0.1) is 6.20 Å². The number of aromatic nitrogens is 3. The second kappa shape index (κ2) is 1.66. The van der Waals surface area contributed by atoms with Gasteiger partial charge in [0.2, 0.25) is 0 Å². The summed E-state index contributed by atoms with van der Waals surface area (Å²) in [6.07, 6.45) is 2.60. The fourth-order valence-corrected chi connectivity index (χ4v) is 0.713. The van der Waals surface area contributed by atoms with Crippen molar-refractivity contribution in [2.24, 2.45) is 0 Å². The zero-order valence-corrected chi connectivity index (χ0v) is 4.87. The molecule has 5 nitrogen and oxygen atoms in total. The van der Waals surface area contributed by atoms with Crippen LogP contribution < -0.4 is 5.56 Å². The molecule has 2 heterocycles. The molecule has 10 heavy (non-hydrogen) atoms. The van der Waals surface area contributed by atoms with Crippen molar-refractivity contribution in [3.8, 4) is 11.5 Å². The minimum absolute atomic E-state index is 0.292. The number of hydrogen-bond donors (Lipinski definition) is 1. The van der Waals surface area contributed by atoms with Crippen molar-refractivity contribution in [3.63, 3.8) is 0 Å². The molecule has 0 atom stereocenters. The number of aromatic amines is 1. The first-order chi connectivity index (χ1) is 4.88. The Balaban J connectivity index is 2.93. The molecule has 2 aliphatic heterocycles. The lowest BCUT2D eigenvalue weighted by Crippen LogP contribution is -2.07. The summed E-state index contributed by atoms with van der Waals surface area (Å²) in [6, 6.07) is 0. The number of nitrogens with one attached hydrogen (secondary N) is 1. The van der Waals surface area contributed by atoms with Gasteiger partial charge in [-0.2, -0.15) is 9.97 Å². The maximum Gasteiger partial charge on any atom is 0.285 e. The maximum atomic E-state index is 10.8. The molecular formula is C5H3N3O2. The van der Waals surface area contributed by atoms with Gasteiger partial charge in [-0.05, 0) is 0 Å². The van der Waals surface area contributed by atoms with Crippen LogP contribution in [-0.2, 0) is 0 Å². The first kappa shape index (κ1) is 5.16. The van der Waals surface area contributed by atoms with Crippen LogP contribution in [0.5, 0.6) is 0 Å². The molecule has 0 spiro atoms. The summed E-state index contributed by atoms with van der Waals surface area (Å²) in [5, 5.41) is 2.40. The second-order valence-corrected chi connectivity index (χ2v) is 1.76. The van der Waals surface area contributed by atoms with E-state index >= 15 is 0 Å². The van der Waals surface area contributed by atoms with E-state index in [0.717, 1.165) is 0 Å². The Kier molecular flexibility index (Phi) is 0.858. The van der Waals surface area contributed by atoms with E-state index in [2.05, 4.69) is 15.1 Å². The van der Waals surface area contributed by atoms with E-state index in [4.69, 9.17) is 4.52 Å². The first-order valence-electron chi connectivity index (χ1n) is 2.65. The number of nitrogens with zero attached hydrogens (tertiary/aromatic N) is 2. The lowest BCUT2D eigenvalue weighted by molar-refractivity contribution is 0.422. The zero-order chi connectivity index (χ0) is 6.97. The Morgan fingerprint density at radius 1 is 1.50 bits per heavy atom. The van der Waals surface area contributed by atoms with Gasteiger partial charge in [0.25, 0.3) is 11.4 Å². The van der Waals surface area contributed by atoms with Crippen LogP contribution in [0.1, 0.15) is 0 Å². The molecule has 0 unspecified atom stereocenters. The minimum atomic E-state index is -0.324. The molecule has 0 fully saturated rings. The van der Waals surface area contributed by atoms with Crippen molar-refractivity contribution in [3.05, 3.63) is 22.9 Å². The van der Waals surface area contributed by atoms with E-state index in [-0.39, 0.29) is 5.56 Å². The minimum Gasteiger partial charge on any atom is -0.361 e. The van der Waals surface area contributed by atoms with E-state index in [1.807, 2.05) is 0 Å². The number of fused-ring (bicyclic) bond motifs is 1. The molecule has 0 amide bonds. The molecule has 2 aliphatic rings. The summed E-state index contributed by atoms with van der Waals surface area (Å²) < 4.78 is 4.72. The van der Waals surface area contributed by atoms with Crippen LogP contribution in [0, 0.1) is 0 Å². The van der Waals surface area contributed by atoms with Crippen LogP contribution in [0.3, 0.4) is 0 Å². The maximum absolute atomic E-state index is 10.8. The van der Waals surface area contributed by atoms with Gasteiger partial charge in [-0.15, -0.1) is 0 Å². The highest BCUT2D eigenvalue weighted by atomic mass is 16.5. The van der Waals surface area contributed by atoms with E-state index in [1.165, 1.54) is 12.5 Å². The summed E-state index contributed by atoms with van der Waals surface area (Å²) in [7, 11) is 0. The highest BCUT2D eigenvalue weighted by Gasteiger charge is 2.09. The predicted molar refractivity (Wildman–Crippen MR) is 31.5 cm³/mol. The molecule has 1 N–H and O–H groups in total. The first-order valence-corrected chi connectivity index (χ1v) is 2.65. The highest BCUT2D eigenvalue weighted by Crippen LogP contribution is 2.09. The van der Waals surface area contributed by atoms with Crippen LogP contribution in [-0.4, -0.2) is 15.1 Å². The number of H-pyrrole nitrogens is 1. The predicted octanol–water partition coefficient (Wildman–Crippen LogP) is -0.137. The third-order valence-electron chi connectivity index (χ3n) is 1.17. The molecule has 0 radical (unpaired) electrons. The largest absolute Gasteiger partial charge is 0.361 e. The smallest absolute Gasteiger partial charge is 0.285 e. The second-order valence-electron chi connectivity index (χ2n) is 1.76. The van der Waals surface area contributed by atoms with Crippen molar-refractivity contribution in [1.82, 2.24) is 15.1 Å². The van der Waals surface area contributed by atoms with Crippen LogP contribution in [0.4, 0.5) is 0 Å². The topological polar surface area (TPSA) is 71.8 Å². The van der Waals surface area contributed by atoms with Gasteiger partial charge in [0, 0.05) is 0 Å². The molecule has 0 aromatic carbocycles. The molecule has 5 heteroatoms. The van der Waals surface area contributed by atoms with Crippen molar-refractivity contribution < 1.29 is 4.52 Å². The summed E-state index contributed by atoms with van der Waals surface area (Å²) in [6.45, 7) is 0. The Labute approximate surface area is 55.0 Å². The van der Waals surface area contributed by atoms with Crippen molar-refractivity contribution >= 4 is 0 Å². The monoisotopic (exact) mass is 137 g/mol. The van der Waals surface area contributed by atoms with Crippen molar-refractivity contribution in [2.75, 3.05) is 0 Å². The SMILES string of the molecule is O=c1ncnc2o[nH]cc1-2. The van der Waals surface area contributed by atoms with Gasteiger partial charge >= 0.3 is 0 Å². The van der Waals surface area contributed by atoms with Gasteiger partial charge in [-0.1, -0.05) is 0 Å². The van der Waals surface area contributed by atoms with E-state index in [0.29, 0.717) is 11.5 Å². The van der Waals surface area contributed by atoms with Gasteiger partial charge in [-0.3, -0.25) is 4.79 Å². The molecule has 0 aromatic heterocycles. The Bertz CT molecular complexity index is 363. The average molecular weight is 137 g/mol. The molecule has 0 saturated carbocycles. The summed E-state index contributed by atoms with van der Waals surface area (Å²) >= 11 is 0.